The van der Waals surface area contributed by atoms with Crippen LogP contribution >= 0.6 is 0 Å². The van der Waals surface area contributed by atoms with Gasteiger partial charge in [0.1, 0.15) is 6.61 Å². The van der Waals surface area contributed by atoms with Gasteiger partial charge in [0.05, 0.1) is 7.11 Å². The van der Waals surface area contributed by atoms with E-state index in [1.165, 1.54) is 0 Å². The quantitative estimate of drug-likeness (QED) is 0.850. The van der Waals surface area contributed by atoms with Crippen molar-refractivity contribution in [2.75, 3.05) is 20.2 Å². The smallest absolute Gasteiger partial charge is 0.253 e. The number of amides is 2. The van der Waals surface area contributed by atoms with Gasteiger partial charge >= 0.3 is 0 Å². The van der Waals surface area contributed by atoms with Crippen LogP contribution in [-0.4, -0.2) is 36.9 Å². The molecule has 0 spiro atoms. The van der Waals surface area contributed by atoms with Gasteiger partial charge in [0.25, 0.3) is 5.91 Å². The molecule has 2 aromatic carbocycles. The molecule has 1 aliphatic heterocycles. The van der Waals surface area contributed by atoms with E-state index in [1.807, 2.05) is 30.3 Å². The van der Waals surface area contributed by atoms with Gasteiger partial charge < -0.3 is 20.1 Å². The summed E-state index contributed by atoms with van der Waals surface area (Å²) < 4.78 is 11.2. The molecule has 2 amide bonds. The largest absolute Gasteiger partial charge is 0.493 e. The third-order valence-corrected chi connectivity index (χ3v) is 4.83. The number of benzene rings is 2. The fraction of sp³-hybridized carbons (Fsp3) is 0.333. The van der Waals surface area contributed by atoms with Crippen LogP contribution in [0.3, 0.4) is 0 Å². The second kappa shape index (κ2) is 8.58. The van der Waals surface area contributed by atoms with E-state index in [0.29, 0.717) is 49.6 Å². The molecule has 27 heavy (non-hydrogen) atoms. The maximum absolute atomic E-state index is 12.7. The third kappa shape index (κ3) is 4.58. The molecule has 0 radical (unpaired) electrons. The van der Waals surface area contributed by atoms with Crippen LogP contribution in [0.4, 0.5) is 0 Å². The monoisotopic (exact) mass is 368 g/mol. The maximum Gasteiger partial charge on any atom is 0.253 e. The molecular weight excluding hydrogens is 344 g/mol. The molecule has 3 rings (SSSR count). The Bertz CT molecular complexity index is 799. The molecular formula is C21H24N2O4. The summed E-state index contributed by atoms with van der Waals surface area (Å²) in [6.07, 6.45) is 1.22. The van der Waals surface area contributed by atoms with Crippen molar-refractivity contribution in [3.63, 3.8) is 0 Å². The van der Waals surface area contributed by atoms with Crippen molar-refractivity contribution >= 4 is 11.8 Å². The van der Waals surface area contributed by atoms with Crippen LogP contribution in [0.2, 0.25) is 0 Å². The summed E-state index contributed by atoms with van der Waals surface area (Å²) in [7, 11) is 1.55. The van der Waals surface area contributed by atoms with Gasteiger partial charge in [-0.05, 0) is 36.6 Å². The first-order valence-electron chi connectivity index (χ1n) is 9.02. The van der Waals surface area contributed by atoms with Gasteiger partial charge in [0.2, 0.25) is 5.91 Å². The highest BCUT2D eigenvalue weighted by molar-refractivity contribution is 5.95. The molecule has 6 nitrogen and oxygen atoms in total. The molecule has 1 heterocycles. The Hall–Kier alpha value is -3.02. The predicted molar refractivity (Wildman–Crippen MR) is 102 cm³/mol. The summed E-state index contributed by atoms with van der Waals surface area (Å²) in [5, 5.41) is 0. The highest BCUT2D eigenvalue weighted by Crippen LogP contribution is 2.30. The first-order chi connectivity index (χ1) is 13.1. The number of piperidine rings is 1. The second-order valence-electron chi connectivity index (χ2n) is 6.61. The van der Waals surface area contributed by atoms with Crippen molar-refractivity contribution in [2.45, 2.75) is 19.4 Å². The Morgan fingerprint density at radius 1 is 1.07 bits per heavy atom. The highest BCUT2D eigenvalue weighted by Gasteiger charge is 2.26. The van der Waals surface area contributed by atoms with Gasteiger partial charge in [-0.15, -0.1) is 0 Å². The molecule has 6 heteroatoms. The minimum absolute atomic E-state index is 0.0779. The topological polar surface area (TPSA) is 81.9 Å². The zero-order chi connectivity index (χ0) is 19.2. The van der Waals surface area contributed by atoms with Gasteiger partial charge in [-0.3, -0.25) is 9.59 Å². The number of nitrogens with zero attached hydrogens (tertiary/aromatic N) is 1. The SMILES string of the molecule is COc1cc(C(=O)N2CCC(C(N)=O)CC2)ccc1OCc1ccccc1. The molecule has 0 saturated carbocycles. The lowest BCUT2D eigenvalue weighted by molar-refractivity contribution is -0.123. The summed E-state index contributed by atoms with van der Waals surface area (Å²) in [5.74, 6) is 0.598. The highest BCUT2D eigenvalue weighted by atomic mass is 16.5. The molecule has 0 aromatic heterocycles. The first kappa shape index (κ1) is 18.8. The summed E-state index contributed by atoms with van der Waals surface area (Å²) >= 11 is 0. The lowest BCUT2D eigenvalue weighted by Gasteiger charge is -2.30. The number of hydrogen-bond donors (Lipinski definition) is 1. The van der Waals surface area contributed by atoms with Crippen LogP contribution in [-0.2, 0) is 11.4 Å². The van der Waals surface area contributed by atoms with E-state index in [0.717, 1.165) is 5.56 Å². The van der Waals surface area contributed by atoms with Crippen LogP contribution in [0.5, 0.6) is 11.5 Å². The lowest BCUT2D eigenvalue weighted by atomic mass is 9.96. The number of methoxy groups -OCH3 is 1. The number of carbonyl (C=O) groups is 2. The minimum atomic E-state index is -0.288. The Morgan fingerprint density at radius 2 is 1.78 bits per heavy atom. The Morgan fingerprint density at radius 3 is 2.41 bits per heavy atom. The molecule has 1 saturated heterocycles. The summed E-state index contributed by atoms with van der Waals surface area (Å²) in [6.45, 7) is 1.48. The van der Waals surface area contributed by atoms with Gasteiger partial charge in [-0.1, -0.05) is 30.3 Å². The zero-order valence-corrected chi connectivity index (χ0v) is 15.4. The molecule has 2 N–H and O–H groups in total. The van der Waals surface area contributed by atoms with Gasteiger partial charge in [-0.25, -0.2) is 0 Å². The van der Waals surface area contributed by atoms with Gasteiger partial charge in [0, 0.05) is 24.6 Å². The third-order valence-electron chi connectivity index (χ3n) is 4.83. The fourth-order valence-electron chi connectivity index (χ4n) is 3.20. The van der Waals surface area contributed by atoms with Crippen LogP contribution in [0.25, 0.3) is 0 Å². The van der Waals surface area contributed by atoms with E-state index in [4.69, 9.17) is 15.2 Å². The van der Waals surface area contributed by atoms with E-state index in [1.54, 1.807) is 30.2 Å². The van der Waals surface area contributed by atoms with Crippen molar-refractivity contribution in [1.29, 1.82) is 0 Å². The van der Waals surface area contributed by atoms with Crippen molar-refractivity contribution < 1.29 is 19.1 Å². The summed E-state index contributed by atoms with van der Waals surface area (Å²) in [6, 6.07) is 15.0. The number of rotatable bonds is 6. The van der Waals surface area contributed by atoms with Crippen molar-refractivity contribution in [3.05, 3.63) is 59.7 Å². The van der Waals surface area contributed by atoms with Crippen molar-refractivity contribution in [2.24, 2.45) is 11.7 Å². The molecule has 0 atom stereocenters. The second-order valence-corrected chi connectivity index (χ2v) is 6.61. The number of primary amides is 1. The number of hydrogen-bond acceptors (Lipinski definition) is 4. The molecule has 142 valence electrons. The summed E-state index contributed by atoms with van der Waals surface area (Å²) in [4.78, 5) is 25.8. The molecule has 0 unspecified atom stereocenters. The molecule has 2 aromatic rings. The van der Waals surface area contributed by atoms with E-state index < -0.39 is 0 Å². The fourth-order valence-corrected chi connectivity index (χ4v) is 3.20. The lowest BCUT2D eigenvalue weighted by Crippen LogP contribution is -2.41. The van der Waals surface area contributed by atoms with E-state index >= 15 is 0 Å². The molecule has 1 fully saturated rings. The van der Waals surface area contributed by atoms with Crippen LogP contribution < -0.4 is 15.2 Å². The van der Waals surface area contributed by atoms with E-state index in [2.05, 4.69) is 0 Å². The number of likely N-dealkylation sites (tertiary alicyclic amines) is 1. The predicted octanol–water partition coefficient (Wildman–Crippen LogP) is 2.61. The minimum Gasteiger partial charge on any atom is -0.493 e. The Labute approximate surface area is 158 Å². The molecule has 1 aliphatic rings. The van der Waals surface area contributed by atoms with Crippen LogP contribution in [0.15, 0.2) is 48.5 Å². The number of carbonyl (C=O) groups excluding carboxylic acids is 2. The molecule has 0 bridgehead atoms. The molecule has 0 aliphatic carbocycles. The van der Waals surface area contributed by atoms with E-state index in [9.17, 15) is 9.59 Å². The standard InChI is InChI=1S/C21H24N2O4/c1-26-19-13-17(21(25)23-11-9-16(10-12-23)20(22)24)7-8-18(19)27-14-15-5-3-2-4-6-15/h2-8,13,16H,9-12,14H2,1H3,(H2,22,24). The van der Waals surface area contributed by atoms with Gasteiger partial charge in [-0.2, -0.15) is 0 Å². The zero-order valence-electron chi connectivity index (χ0n) is 15.4. The number of ether oxygens (including phenoxy) is 2. The van der Waals surface area contributed by atoms with Gasteiger partial charge in [0.15, 0.2) is 11.5 Å². The Balaban J connectivity index is 1.66. The Kier molecular flexibility index (Phi) is 5.96. The van der Waals surface area contributed by atoms with Crippen molar-refractivity contribution in [1.82, 2.24) is 4.90 Å². The van der Waals surface area contributed by atoms with Crippen LogP contribution in [0, 0.1) is 5.92 Å². The number of nitrogens with two attached hydrogens (primary N) is 1. The van der Waals surface area contributed by atoms with Crippen LogP contribution in [0.1, 0.15) is 28.8 Å². The first-order valence-corrected chi connectivity index (χ1v) is 9.02. The average molecular weight is 368 g/mol. The normalized spacial score (nSPS) is 14.6. The van der Waals surface area contributed by atoms with E-state index in [-0.39, 0.29) is 17.7 Å². The van der Waals surface area contributed by atoms with Crippen molar-refractivity contribution in [3.8, 4) is 11.5 Å². The average Bonchev–Trinajstić information content (AvgIpc) is 2.72. The summed E-state index contributed by atoms with van der Waals surface area (Å²) in [5.41, 5.74) is 6.94. The maximum atomic E-state index is 12.7.